The zero-order chi connectivity index (χ0) is 24.9. The lowest BCUT2D eigenvalue weighted by molar-refractivity contribution is 0.190. The van der Waals surface area contributed by atoms with Gasteiger partial charge < -0.3 is 19.9 Å². The van der Waals surface area contributed by atoms with E-state index in [1.165, 1.54) is 5.56 Å². The first-order valence-electron chi connectivity index (χ1n) is 12.8. The minimum absolute atomic E-state index is 0.0492. The van der Waals surface area contributed by atoms with Crippen molar-refractivity contribution in [2.75, 3.05) is 50.8 Å². The molecule has 2 fully saturated rings. The monoisotopic (exact) mass is 489 g/mol. The van der Waals surface area contributed by atoms with Gasteiger partial charge in [0.05, 0.1) is 6.61 Å². The molecule has 2 saturated heterocycles. The SMILES string of the molecule is CCOc1cc(N2CCN(C(=O)NC3CCN(Cc4ccccc4)C3)CC2)ccc1-n1cnc(C)n1. The molecule has 2 aliphatic heterocycles. The molecule has 1 aromatic heterocycles. The van der Waals surface area contributed by atoms with E-state index in [9.17, 15) is 4.79 Å². The normalized spacial score (nSPS) is 18.4. The fourth-order valence-corrected chi connectivity index (χ4v) is 4.99. The summed E-state index contributed by atoms with van der Waals surface area (Å²) in [5.41, 5.74) is 3.28. The Balaban J connectivity index is 1.13. The lowest BCUT2D eigenvalue weighted by Crippen LogP contribution is -2.53. The Morgan fingerprint density at radius 3 is 2.61 bits per heavy atom. The topological polar surface area (TPSA) is 78.8 Å². The van der Waals surface area contributed by atoms with E-state index in [1.807, 2.05) is 30.9 Å². The van der Waals surface area contributed by atoms with Gasteiger partial charge in [0.25, 0.3) is 0 Å². The number of carbonyl (C=O) groups is 1. The molecule has 36 heavy (non-hydrogen) atoms. The van der Waals surface area contributed by atoms with E-state index in [0.29, 0.717) is 19.7 Å². The highest BCUT2D eigenvalue weighted by atomic mass is 16.5. The third-order valence-corrected chi connectivity index (χ3v) is 6.88. The van der Waals surface area contributed by atoms with Gasteiger partial charge >= 0.3 is 6.03 Å². The highest BCUT2D eigenvalue weighted by Gasteiger charge is 2.27. The molecule has 0 spiro atoms. The van der Waals surface area contributed by atoms with Gasteiger partial charge in [0, 0.05) is 63.6 Å². The number of piperazine rings is 1. The van der Waals surface area contributed by atoms with Gasteiger partial charge in [-0.25, -0.2) is 14.5 Å². The van der Waals surface area contributed by atoms with Crippen molar-refractivity contribution in [3.8, 4) is 11.4 Å². The van der Waals surface area contributed by atoms with Gasteiger partial charge in [0.1, 0.15) is 23.6 Å². The molecule has 9 heteroatoms. The van der Waals surface area contributed by atoms with E-state index in [-0.39, 0.29) is 12.1 Å². The Labute approximate surface area is 212 Å². The number of nitrogens with zero attached hydrogens (tertiary/aromatic N) is 6. The summed E-state index contributed by atoms with van der Waals surface area (Å²) in [6.07, 6.45) is 2.70. The summed E-state index contributed by atoms with van der Waals surface area (Å²) >= 11 is 0. The van der Waals surface area contributed by atoms with Crippen LogP contribution in [0.5, 0.6) is 5.75 Å². The number of aromatic nitrogens is 3. The number of hydrogen-bond donors (Lipinski definition) is 1. The Hall–Kier alpha value is -3.59. The van der Waals surface area contributed by atoms with Gasteiger partial charge in [-0.15, -0.1) is 0 Å². The summed E-state index contributed by atoms with van der Waals surface area (Å²) < 4.78 is 7.66. The van der Waals surface area contributed by atoms with E-state index in [0.717, 1.165) is 62.1 Å². The van der Waals surface area contributed by atoms with Crippen molar-refractivity contribution in [1.82, 2.24) is 29.9 Å². The van der Waals surface area contributed by atoms with E-state index >= 15 is 0 Å². The van der Waals surface area contributed by atoms with Crippen molar-refractivity contribution in [2.24, 2.45) is 0 Å². The predicted molar refractivity (Wildman–Crippen MR) is 140 cm³/mol. The minimum Gasteiger partial charge on any atom is -0.492 e. The van der Waals surface area contributed by atoms with Gasteiger partial charge in [0.2, 0.25) is 0 Å². The maximum Gasteiger partial charge on any atom is 0.317 e. The first kappa shape index (κ1) is 24.1. The standard InChI is InChI=1S/C27H35N7O2/c1-3-36-26-17-24(9-10-25(26)34-20-28-21(2)30-34)32-13-15-33(16-14-32)27(35)29-23-11-12-31(19-23)18-22-7-5-4-6-8-22/h4-10,17,20,23H,3,11-16,18-19H2,1-2H3,(H,29,35). The van der Waals surface area contributed by atoms with Gasteiger partial charge in [-0.2, -0.15) is 5.10 Å². The molecule has 2 aromatic carbocycles. The van der Waals surface area contributed by atoms with Gasteiger partial charge in [-0.1, -0.05) is 30.3 Å². The maximum atomic E-state index is 12.9. The maximum absolute atomic E-state index is 12.9. The second-order valence-corrected chi connectivity index (χ2v) is 9.45. The molecule has 1 atom stereocenters. The van der Waals surface area contributed by atoms with Crippen LogP contribution in [-0.2, 0) is 6.54 Å². The fourth-order valence-electron chi connectivity index (χ4n) is 4.99. The summed E-state index contributed by atoms with van der Waals surface area (Å²) in [5, 5.41) is 7.68. The summed E-state index contributed by atoms with van der Waals surface area (Å²) in [4.78, 5) is 23.8. The Morgan fingerprint density at radius 1 is 1.08 bits per heavy atom. The van der Waals surface area contributed by atoms with Crippen LogP contribution in [0.15, 0.2) is 54.9 Å². The molecule has 0 radical (unpaired) electrons. The lowest BCUT2D eigenvalue weighted by Gasteiger charge is -2.36. The molecule has 2 amide bonds. The molecule has 0 saturated carbocycles. The van der Waals surface area contributed by atoms with Crippen molar-refractivity contribution in [1.29, 1.82) is 0 Å². The molecule has 3 heterocycles. The number of carbonyl (C=O) groups excluding carboxylic acids is 1. The molecule has 0 aliphatic carbocycles. The van der Waals surface area contributed by atoms with Crippen molar-refractivity contribution in [2.45, 2.75) is 32.9 Å². The molecule has 2 aliphatic rings. The van der Waals surface area contributed by atoms with Crippen molar-refractivity contribution in [3.63, 3.8) is 0 Å². The number of ether oxygens (including phenoxy) is 1. The molecule has 1 unspecified atom stereocenters. The number of likely N-dealkylation sites (tertiary alicyclic amines) is 1. The lowest BCUT2D eigenvalue weighted by atomic mass is 10.2. The van der Waals surface area contributed by atoms with Crippen LogP contribution in [0, 0.1) is 6.92 Å². The third-order valence-electron chi connectivity index (χ3n) is 6.88. The van der Waals surface area contributed by atoms with Crippen LogP contribution in [0.1, 0.15) is 24.7 Å². The average Bonchev–Trinajstić information content (AvgIpc) is 3.53. The Bertz CT molecular complexity index is 1160. The molecule has 0 bridgehead atoms. The summed E-state index contributed by atoms with van der Waals surface area (Å²) in [6, 6.07) is 16.9. The van der Waals surface area contributed by atoms with Crippen LogP contribution >= 0.6 is 0 Å². The summed E-state index contributed by atoms with van der Waals surface area (Å²) in [7, 11) is 0. The summed E-state index contributed by atoms with van der Waals surface area (Å²) in [6.45, 7) is 10.2. The number of nitrogens with one attached hydrogen (secondary N) is 1. The molecule has 5 rings (SSSR count). The third kappa shape index (κ3) is 5.62. The van der Waals surface area contributed by atoms with Crippen molar-refractivity contribution in [3.05, 3.63) is 66.2 Å². The number of anilines is 1. The molecular weight excluding hydrogens is 454 g/mol. The predicted octanol–water partition coefficient (Wildman–Crippen LogP) is 3.08. The number of benzene rings is 2. The van der Waals surface area contributed by atoms with Crippen LogP contribution in [0.2, 0.25) is 0 Å². The Morgan fingerprint density at radius 2 is 1.89 bits per heavy atom. The molecule has 9 nitrogen and oxygen atoms in total. The molecule has 190 valence electrons. The van der Waals surface area contributed by atoms with Crippen molar-refractivity contribution < 1.29 is 9.53 Å². The number of rotatable bonds is 7. The smallest absolute Gasteiger partial charge is 0.317 e. The van der Waals surface area contributed by atoms with Crippen LogP contribution < -0.4 is 15.0 Å². The second kappa shape index (κ2) is 11.0. The Kier molecular flexibility index (Phi) is 7.36. The average molecular weight is 490 g/mol. The van der Waals surface area contributed by atoms with Crippen LogP contribution in [0.4, 0.5) is 10.5 Å². The molecule has 3 aromatic rings. The van der Waals surface area contributed by atoms with Crippen LogP contribution in [-0.4, -0.2) is 82.5 Å². The van der Waals surface area contributed by atoms with Gasteiger partial charge in [-0.05, 0) is 38.0 Å². The highest BCUT2D eigenvalue weighted by Crippen LogP contribution is 2.29. The molecule has 1 N–H and O–H groups in total. The quantitative estimate of drug-likeness (QED) is 0.550. The van der Waals surface area contributed by atoms with Gasteiger partial charge in [-0.3, -0.25) is 4.90 Å². The van der Waals surface area contributed by atoms with Crippen LogP contribution in [0.25, 0.3) is 5.69 Å². The fraction of sp³-hybridized carbons (Fsp3) is 0.444. The minimum atomic E-state index is 0.0492. The van der Waals surface area contributed by atoms with E-state index in [1.54, 1.807) is 11.0 Å². The number of aryl methyl sites for hydroxylation is 1. The van der Waals surface area contributed by atoms with E-state index < -0.39 is 0 Å². The first-order chi connectivity index (χ1) is 17.6. The van der Waals surface area contributed by atoms with E-state index in [4.69, 9.17) is 4.74 Å². The summed E-state index contributed by atoms with van der Waals surface area (Å²) in [5.74, 6) is 1.50. The van der Waals surface area contributed by atoms with E-state index in [2.05, 4.69) is 61.6 Å². The number of urea groups is 1. The van der Waals surface area contributed by atoms with Crippen molar-refractivity contribution >= 4 is 11.7 Å². The first-order valence-corrected chi connectivity index (χ1v) is 12.8. The second-order valence-electron chi connectivity index (χ2n) is 9.45. The van der Waals surface area contributed by atoms with Gasteiger partial charge in [0.15, 0.2) is 0 Å². The zero-order valence-corrected chi connectivity index (χ0v) is 21.1. The van der Waals surface area contributed by atoms with Crippen LogP contribution in [0.3, 0.4) is 0 Å². The zero-order valence-electron chi connectivity index (χ0n) is 21.1. The number of hydrogen-bond acceptors (Lipinski definition) is 6. The largest absolute Gasteiger partial charge is 0.492 e. The molecular formula is C27H35N7O2. The number of amides is 2. The highest BCUT2D eigenvalue weighted by molar-refractivity contribution is 5.75.